The number of hydrogen-bond donors (Lipinski definition) is 1. The lowest BCUT2D eigenvalue weighted by Crippen LogP contribution is -2.52. The van der Waals surface area contributed by atoms with Crippen LogP contribution in [0.25, 0.3) is 0 Å². The Bertz CT molecular complexity index is 1500. The summed E-state index contributed by atoms with van der Waals surface area (Å²) in [5.74, 6) is -0.563. The van der Waals surface area contributed by atoms with Gasteiger partial charge in [-0.1, -0.05) is 79.4 Å². The molecule has 2 amide bonds. The van der Waals surface area contributed by atoms with Crippen molar-refractivity contribution < 1.29 is 22.7 Å². The molecule has 43 heavy (non-hydrogen) atoms. The zero-order valence-electron chi connectivity index (χ0n) is 25.0. The molecule has 11 heteroatoms. The van der Waals surface area contributed by atoms with Crippen molar-refractivity contribution in [2.75, 3.05) is 24.0 Å². The minimum absolute atomic E-state index is 0.0148. The zero-order chi connectivity index (χ0) is 31.6. The first-order valence-corrected chi connectivity index (χ1v) is 16.5. The van der Waals surface area contributed by atoms with Crippen molar-refractivity contribution in [3.8, 4) is 5.75 Å². The van der Waals surface area contributed by atoms with E-state index < -0.39 is 28.5 Å². The second-order valence-corrected chi connectivity index (χ2v) is 12.7. The zero-order valence-corrected chi connectivity index (χ0v) is 27.3. The Morgan fingerprint density at radius 3 is 2.28 bits per heavy atom. The first kappa shape index (κ1) is 34.2. The van der Waals surface area contributed by atoms with Gasteiger partial charge in [-0.05, 0) is 68.7 Å². The quantitative estimate of drug-likeness (QED) is 0.187. The summed E-state index contributed by atoms with van der Waals surface area (Å²) in [7, 11) is -4.23. The number of carbonyl (C=O) groups excluding carboxylic acids is 2. The van der Waals surface area contributed by atoms with E-state index in [0.717, 1.165) is 22.7 Å². The van der Waals surface area contributed by atoms with E-state index in [0.29, 0.717) is 40.9 Å². The van der Waals surface area contributed by atoms with Gasteiger partial charge in [0, 0.05) is 13.1 Å². The minimum atomic E-state index is -4.23. The Kier molecular flexibility index (Phi) is 12.7. The van der Waals surface area contributed by atoms with Gasteiger partial charge in [-0.15, -0.1) is 0 Å². The number of carbonyl (C=O) groups is 2. The molecule has 0 saturated heterocycles. The number of rotatable bonds is 15. The molecule has 0 fully saturated rings. The van der Waals surface area contributed by atoms with Gasteiger partial charge in [-0.2, -0.15) is 0 Å². The number of nitrogens with one attached hydrogen (secondary N) is 1. The Hall–Kier alpha value is -3.27. The van der Waals surface area contributed by atoms with Crippen LogP contribution in [0.1, 0.15) is 51.2 Å². The Morgan fingerprint density at radius 1 is 0.953 bits per heavy atom. The maximum atomic E-state index is 14.3. The van der Waals surface area contributed by atoms with Crippen molar-refractivity contribution in [2.45, 2.75) is 64.4 Å². The lowest BCUT2D eigenvalue weighted by molar-refractivity contribution is -0.140. The minimum Gasteiger partial charge on any atom is -0.492 e. The number of anilines is 1. The summed E-state index contributed by atoms with van der Waals surface area (Å²) in [6.45, 7) is 7.69. The molecular weight excluding hydrogens is 609 g/mol. The SMILES string of the molecule is CCCCNC(=O)[C@@H](CC)N(Cc1ccc(Cl)c(Cl)c1)C(=O)CN(c1ccccc1OCC)S(=O)(=O)c1ccc(C)cc1. The molecule has 0 aliphatic rings. The predicted octanol–water partition coefficient (Wildman–Crippen LogP) is 6.62. The number of halogens is 2. The van der Waals surface area contributed by atoms with E-state index in [1.165, 1.54) is 17.0 Å². The van der Waals surface area contributed by atoms with Crippen LogP contribution in [0.2, 0.25) is 10.0 Å². The standard InChI is InChI=1S/C32H39Cl2N3O5S/c1-5-8-19-35-32(39)28(6-2)36(21-24-15-18-26(33)27(34)20-24)31(38)22-37(29-11-9-10-12-30(29)42-7-3)43(40,41)25-16-13-23(4)14-17-25/h9-18,20,28H,5-8,19,21-22H2,1-4H3,(H,35,39)/t28-/m1/s1. The highest BCUT2D eigenvalue weighted by molar-refractivity contribution is 7.92. The maximum absolute atomic E-state index is 14.3. The normalized spacial score (nSPS) is 12.0. The van der Waals surface area contributed by atoms with Gasteiger partial charge in [-0.3, -0.25) is 13.9 Å². The highest BCUT2D eigenvalue weighted by Gasteiger charge is 2.34. The van der Waals surface area contributed by atoms with E-state index in [1.54, 1.807) is 61.5 Å². The smallest absolute Gasteiger partial charge is 0.264 e. The lowest BCUT2D eigenvalue weighted by atomic mass is 10.1. The number of ether oxygens (including phenoxy) is 1. The molecule has 0 bridgehead atoms. The molecule has 3 aromatic carbocycles. The van der Waals surface area contributed by atoms with E-state index in [2.05, 4.69) is 5.32 Å². The molecule has 1 atom stereocenters. The van der Waals surface area contributed by atoms with Crippen molar-refractivity contribution in [3.05, 3.63) is 87.9 Å². The molecule has 0 heterocycles. The van der Waals surface area contributed by atoms with Gasteiger partial charge in [0.2, 0.25) is 11.8 Å². The van der Waals surface area contributed by atoms with Crippen molar-refractivity contribution in [3.63, 3.8) is 0 Å². The largest absolute Gasteiger partial charge is 0.492 e. The number of sulfonamides is 1. The Balaban J connectivity index is 2.10. The van der Waals surface area contributed by atoms with E-state index in [4.69, 9.17) is 27.9 Å². The molecule has 0 spiro atoms. The summed E-state index contributed by atoms with van der Waals surface area (Å²) in [5, 5.41) is 3.58. The van der Waals surface area contributed by atoms with Crippen molar-refractivity contribution in [1.82, 2.24) is 10.2 Å². The molecule has 0 unspecified atom stereocenters. The van der Waals surface area contributed by atoms with Crippen LogP contribution in [0.3, 0.4) is 0 Å². The second-order valence-electron chi connectivity index (χ2n) is 10.1. The molecule has 1 N–H and O–H groups in total. The van der Waals surface area contributed by atoms with Crippen LogP contribution >= 0.6 is 23.2 Å². The summed E-state index contributed by atoms with van der Waals surface area (Å²) in [5.41, 5.74) is 1.75. The van der Waals surface area contributed by atoms with Crippen LogP contribution in [0.4, 0.5) is 5.69 Å². The van der Waals surface area contributed by atoms with Gasteiger partial charge in [0.25, 0.3) is 10.0 Å². The van der Waals surface area contributed by atoms with E-state index in [1.807, 2.05) is 20.8 Å². The number of para-hydroxylation sites is 2. The van der Waals surface area contributed by atoms with Gasteiger partial charge in [0.15, 0.2) is 0 Å². The molecule has 8 nitrogen and oxygen atoms in total. The number of amides is 2. The third kappa shape index (κ3) is 8.87. The van der Waals surface area contributed by atoms with Gasteiger partial charge in [0.1, 0.15) is 18.3 Å². The third-order valence-corrected chi connectivity index (χ3v) is 9.39. The topological polar surface area (TPSA) is 96.0 Å². The summed E-state index contributed by atoms with van der Waals surface area (Å²) >= 11 is 12.4. The molecule has 0 radical (unpaired) electrons. The van der Waals surface area contributed by atoms with Crippen LogP contribution in [0.5, 0.6) is 5.75 Å². The van der Waals surface area contributed by atoms with Crippen LogP contribution in [-0.4, -0.2) is 50.9 Å². The number of aryl methyl sites for hydroxylation is 1. The van der Waals surface area contributed by atoms with E-state index in [9.17, 15) is 18.0 Å². The van der Waals surface area contributed by atoms with Gasteiger partial charge < -0.3 is 15.0 Å². The summed E-state index contributed by atoms with van der Waals surface area (Å²) < 4.78 is 35.1. The fraction of sp³-hybridized carbons (Fsp3) is 0.375. The van der Waals surface area contributed by atoms with Crippen LogP contribution in [0.15, 0.2) is 71.6 Å². The fourth-order valence-corrected chi connectivity index (χ4v) is 6.30. The van der Waals surface area contributed by atoms with Gasteiger partial charge in [0.05, 0.1) is 27.2 Å². The van der Waals surface area contributed by atoms with Gasteiger partial charge in [-0.25, -0.2) is 8.42 Å². The van der Waals surface area contributed by atoms with Crippen molar-refractivity contribution in [2.24, 2.45) is 0 Å². The Labute approximate surface area is 265 Å². The predicted molar refractivity (Wildman–Crippen MR) is 172 cm³/mol. The number of nitrogens with zero attached hydrogens (tertiary/aromatic N) is 2. The average Bonchev–Trinajstić information content (AvgIpc) is 2.98. The molecular formula is C32H39Cl2N3O5S. The van der Waals surface area contributed by atoms with Gasteiger partial charge >= 0.3 is 0 Å². The fourth-order valence-electron chi connectivity index (χ4n) is 4.55. The second kappa shape index (κ2) is 16.0. The highest BCUT2D eigenvalue weighted by Crippen LogP contribution is 2.33. The Morgan fingerprint density at radius 2 is 1.65 bits per heavy atom. The van der Waals surface area contributed by atoms with Crippen LogP contribution in [-0.2, 0) is 26.2 Å². The van der Waals surface area contributed by atoms with E-state index in [-0.39, 0.29) is 23.0 Å². The van der Waals surface area contributed by atoms with Crippen molar-refractivity contribution >= 4 is 50.7 Å². The van der Waals surface area contributed by atoms with Crippen molar-refractivity contribution in [1.29, 1.82) is 0 Å². The first-order chi connectivity index (χ1) is 20.5. The molecule has 3 aromatic rings. The summed E-state index contributed by atoms with van der Waals surface area (Å²) in [4.78, 5) is 29.0. The van der Waals surface area contributed by atoms with E-state index >= 15 is 0 Å². The van der Waals surface area contributed by atoms with Crippen LogP contribution in [0, 0.1) is 6.92 Å². The highest BCUT2D eigenvalue weighted by atomic mass is 35.5. The molecule has 3 rings (SSSR count). The average molecular weight is 649 g/mol. The first-order valence-electron chi connectivity index (χ1n) is 14.4. The monoisotopic (exact) mass is 647 g/mol. The third-order valence-electron chi connectivity index (χ3n) is 6.87. The molecule has 232 valence electrons. The molecule has 0 saturated carbocycles. The number of benzene rings is 3. The number of unbranched alkanes of at least 4 members (excludes halogenated alkanes) is 1. The summed E-state index contributed by atoms with van der Waals surface area (Å²) in [6, 6.07) is 17.2. The molecule has 0 aliphatic carbocycles. The lowest BCUT2D eigenvalue weighted by Gasteiger charge is -2.33. The maximum Gasteiger partial charge on any atom is 0.264 e. The molecule has 0 aliphatic heterocycles. The number of hydrogen-bond acceptors (Lipinski definition) is 5. The summed E-state index contributed by atoms with van der Waals surface area (Å²) in [6.07, 6.45) is 2.00. The molecule has 0 aromatic heterocycles. The van der Waals surface area contributed by atoms with Crippen LogP contribution < -0.4 is 14.4 Å².